The zero-order valence-electron chi connectivity index (χ0n) is 20.4. The fraction of sp³-hybridized carbons (Fsp3) is 0.786. The Morgan fingerprint density at radius 2 is 1.94 bits per heavy atom. The second-order valence-corrected chi connectivity index (χ2v) is 11.7. The van der Waals surface area contributed by atoms with Gasteiger partial charge in [0.2, 0.25) is 0 Å². The van der Waals surface area contributed by atoms with Crippen molar-refractivity contribution in [1.82, 2.24) is 0 Å². The summed E-state index contributed by atoms with van der Waals surface area (Å²) in [5.74, 6) is 2.18. The van der Waals surface area contributed by atoms with Gasteiger partial charge in [-0.2, -0.15) is 0 Å². The molecule has 0 aromatic carbocycles. The molecule has 3 aliphatic carbocycles. The molecule has 3 nitrogen and oxygen atoms in total. The number of hydrogen-bond acceptors (Lipinski definition) is 3. The molecule has 3 N–H and O–H groups in total. The van der Waals surface area contributed by atoms with E-state index in [1.54, 1.807) is 5.57 Å². The molecule has 3 fully saturated rings. The average molecular weight is 431 g/mol. The maximum atomic E-state index is 10.1. The Labute approximate surface area is 190 Å². The Morgan fingerprint density at radius 1 is 1.19 bits per heavy atom. The molecule has 3 rings (SSSR count). The van der Waals surface area contributed by atoms with Gasteiger partial charge in [-0.1, -0.05) is 57.4 Å². The third-order valence-electron chi connectivity index (χ3n) is 8.69. The topological polar surface area (TPSA) is 60.7 Å². The Kier molecular flexibility index (Phi) is 7.92. The van der Waals surface area contributed by atoms with E-state index in [9.17, 15) is 15.3 Å². The highest BCUT2D eigenvalue weighted by Crippen LogP contribution is 2.60. The van der Waals surface area contributed by atoms with E-state index in [0.29, 0.717) is 24.2 Å². The van der Waals surface area contributed by atoms with Gasteiger partial charge in [0.1, 0.15) is 0 Å². The van der Waals surface area contributed by atoms with Crippen LogP contribution in [0.3, 0.4) is 0 Å². The standard InChI is InChI=1S/C28H46O3/c1-19(9-6-7-15-27(3,4)31)24-13-14-25-21(10-8-16-28(24,25)5)11-12-22-17-23(29)18-26(30)20(22)2/h11-12,19,23-26,29-31H,2,6-10,13-18H2,1,3-5H3/b21-11+,22-12-/t19-,23+,24-,25+,26-,28-/m0/s1. The van der Waals surface area contributed by atoms with E-state index in [1.165, 1.54) is 44.9 Å². The van der Waals surface area contributed by atoms with Gasteiger partial charge in [0.15, 0.2) is 0 Å². The van der Waals surface area contributed by atoms with Crippen LogP contribution in [-0.2, 0) is 0 Å². The molecular weight excluding hydrogens is 384 g/mol. The maximum Gasteiger partial charge on any atom is 0.0811 e. The number of unbranched alkanes of at least 4 members (excludes halogenated alkanes) is 1. The third kappa shape index (κ3) is 5.92. The van der Waals surface area contributed by atoms with Crippen LogP contribution in [0.2, 0.25) is 0 Å². The molecule has 0 aliphatic heterocycles. The molecule has 6 atom stereocenters. The molecule has 0 aromatic heterocycles. The molecule has 0 saturated heterocycles. The molecule has 176 valence electrons. The maximum absolute atomic E-state index is 10.1. The van der Waals surface area contributed by atoms with E-state index in [0.717, 1.165) is 35.8 Å². The molecule has 0 radical (unpaired) electrons. The summed E-state index contributed by atoms with van der Waals surface area (Å²) in [6, 6.07) is 0. The van der Waals surface area contributed by atoms with Crippen molar-refractivity contribution in [1.29, 1.82) is 0 Å². The largest absolute Gasteiger partial charge is 0.393 e. The highest BCUT2D eigenvalue weighted by atomic mass is 16.3. The predicted octanol–water partition coefficient (Wildman–Crippen LogP) is 6.09. The number of aliphatic hydroxyl groups excluding tert-OH is 2. The molecule has 31 heavy (non-hydrogen) atoms. The molecular formula is C28H46O3. The summed E-state index contributed by atoms with van der Waals surface area (Å²) in [5, 5.41) is 30.2. The molecule has 3 heteroatoms. The highest BCUT2D eigenvalue weighted by Gasteiger charge is 2.50. The number of rotatable bonds is 7. The molecule has 0 heterocycles. The zero-order chi connectivity index (χ0) is 22.8. The first-order chi connectivity index (χ1) is 14.5. The first kappa shape index (κ1) is 24.7. The summed E-state index contributed by atoms with van der Waals surface area (Å²) in [6.45, 7) is 12.9. The number of fused-ring (bicyclic) bond motifs is 1. The van der Waals surface area contributed by atoms with E-state index >= 15 is 0 Å². The van der Waals surface area contributed by atoms with Gasteiger partial charge in [-0.05, 0) is 93.1 Å². The first-order valence-corrected chi connectivity index (χ1v) is 12.7. The summed E-state index contributed by atoms with van der Waals surface area (Å²) >= 11 is 0. The molecule has 0 amide bonds. The number of hydrogen-bond donors (Lipinski definition) is 3. The number of allylic oxidation sites excluding steroid dienone is 3. The monoisotopic (exact) mass is 430 g/mol. The van der Waals surface area contributed by atoms with Crippen molar-refractivity contribution < 1.29 is 15.3 Å². The van der Waals surface area contributed by atoms with Gasteiger partial charge < -0.3 is 15.3 Å². The minimum atomic E-state index is -0.613. The zero-order valence-corrected chi connectivity index (χ0v) is 20.4. The predicted molar refractivity (Wildman–Crippen MR) is 129 cm³/mol. The van der Waals surface area contributed by atoms with Crippen molar-refractivity contribution in [3.05, 3.63) is 35.5 Å². The van der Waals surface area contributed by atoms with Crippen molar-refractivity contribution in [3.63, 3.8) is 0 Å². The number of aliphatic hydroxyl groups is 3. The molecule has 0 spiro atoms. The highest BCUT2D eigenvalue weighted by molar-refractivity contribution is 5.38. The smallest absolute Gasteiger partial charge is 0.0811 e. The molecule has 0 bridgehead atoms. The van der Waals surface area contributed by atoms with Crippen molar-refractivity contribution >= 4 is 0 Å². The first-order valence-electron chi connectivity index (χ1n) is 12.7. The molecule has 3 saturated carbocycles. The summed E-state index contributed by atoms with van der Waals surface area (Å²) in [7, 11) is 0. The Morgan fingerprint density at radius 3 is 2.65 bits per heavy atom. The van der Waals surface area contributed by atoms with Gasteiger partial charge in [0, 0.05) is 6.42 Å². The second-order valence-electron chi connectivity index (χ2n) is 11.7. The van der Waals surface area contributed by atoms with Crippen LogP contribution in [-0.4, -0.2) is 33.1 Å². The minimum Gasteiger partial charge on any atom is -0.393 e. The van der Waals surface area contributed by atoms with Crippen LogP contribution < -0.4 is 0 Å². The summed E-state index contributed by atoms with van der Waals surface area (Å²) in [6.07, 6.45) is 15.2. The lowest BCUT2D eigenvalue weighted by atomic mass is 9.60. The molecule has 0 unspecified atom stereocenters. The minimum absolute atomic E-state index is 0.390. The van der Waals surface area contributed by atoms with E-state index in [2.05, 4.69) is 32.6 Å². The Balaban J connectivity index is 1.66. The normalized spacial score (nSPS) is 38.0. The van der Waals surface area contributed by atoms with Gasteiger partial charge >= 0.3 is 0 Å². The van der Waals surface area contributed by atoms with Gasteiger partial charge in [0.05, 0.1) is 17.8 Å². The third-order valence-corrected chi connectivity index (χ3v) is 8.69. The SMILES string of the molecule is C=C1/C(=C\C=C2/CCC[C@]3(C)[C@@H]2CC[C@H]3[C@@H](C)CCCCC(C)(C)O)C[C@@H](O)C[C@@H]1O. The van der Waals surface area contributed by atoms with Gasteiger partial charge in [-0.15, -0.1) is 0 Å². The van der Waals surface area contributed by atoms with Gasteiger partial charge in [-0.3, -0.25) is 0 Å². The van der Waals surface area contributed by atoms with Crippen LogP contribution in [0.5, 0.6) is 0 Å². The summed E-state index contributed by atoms with van der Waals surface area (Å²) in [4.78, 5) is 0. The van der Waals surface area contributed by atoms with Crippen molar-refractivity contribution in [3.8, 4) is 0 Å². The van der Waals surface area contributed by atoms with E-state index < -0.39 is 17.8 Å². The van der Waals surface area contributed by atoms with Gasteiger partial charge in [-0.25, -0.2) is 0 Å². The summed E-state index contributed by atoms with van der Waals surface area (Å²) in [5.41, 5.74) is 3.22. The van der Waals surface area contributed by atoms with Crippen LogP contribution >= 0.6 is 0 Å². The van der Waals surface area contributed by atoms with E-state index in [1.807, 2.05) is 13.8 Å². The lowest BCUT2D eigenvalue weighted by Crippen LogP contribution is -2.36. The molecule has 3 aliphatic rings. The quantitative estimate of drug-likeness (QED) is 0.428. The van der Waals surface area contributed by atoms with E-state index in [4.69, 9.17) is 0 Å². The van der Waals surface area contributed by atoms with Crippen LogP contribution in [0.1, 0.15) is 98.3 Å². The van der Waals surface area contributed by atoms with Crippen LogP contribution in [0.4, 0.5) is 0 Å². The van der Waals surface area contributed by atoms with Crippen LogP contribution in [0.25, 0.3) is 0 Å². The van der Waals surface area contributed by atoms with Crippen LogP contribution in [0.15, 0.2) is 35.5 Å². The fourth-order valence-corrected chi connectivity index (χ4v) is 6.90. The van der Waals surface area contributed by atoms with Crippen molar-refractivity contribution in [2.75, 3.05) is 0 Å². The lowest BCUT2D eigenvalue weighted by Gasteiger charge is -2.44. The Hall–Kier alpha value is -0.900. The Bertz CT molecular complexity index is 698. The molecule has 0 aromatic rings. The lowest BCUT2D eigenvalue weighted by molar-refractivity contribution is 0.0650. The van der Waals surface area contributed by atoms with Crippen molar-refractivity contribution in [2.24, 2.45) is 23.2 Å². The fourth-order valence-electron chi connectivity index (χ4n) is 6.90. The van der Waals surface area contributed by atoms with Crippen LogP contribution in [0, 0.1) is 23.2 Å². The van der Waals surface area contributed by atoms with Crippen molar-refractivity contribution in [2.45, 2.75) is 116 Å². The van der Waals surface area contributed by atoms with E-state index in [-0.39, 0.29) is 0 Å². The second kappa shape index (κ2) is 9.93. The van der Waals surface area contributed by atoms with Gasteiger partial charge in [0.25, 0.3) is 0 Å². The average Bonchev–Trinajstić information content (AvgIpc) is 3.03. The summed E-state index contributed by atoms with van der Waals surface area (Å²) < 4.78 is 0.